The minimum atomic E-state index is -0.108. The summed E-state index contributed by atoms with van der Waals surface area (Å²) < 4.78 is 5.55. The van der Waals surface area contributed by atoms with Crippen molar-refractivity contribution >= 4 is 45.5 Å². The van der Waals surface area contributed by atoms with Crippen molar-refractivity contribution in [3.05, 3.63) is 89.6 Å². The Morgan fingerprint density at radius 1 is 0.886 bits per heavy atom. The summed E-state index contributed by atoms with van der Waals surface area (Å²) in [4.78, 5) is 24.5. The van der Waals surface area contributed by atoms with Gasteiger partial charge in [-0.1, -0.05) is 48.0 Å². The van der Waals surface area contributed by atoms with Gasteiger partial charge in [0, 0.05) is 55.5 Å². The predicted octanol–water partition coefficient (Wildman–Crippen LogP) is 5.50. The lowest BCUT2D eigenvalue weighted by molar-refractivity contribution is 0.0994. The first-order valence-electron chi connectivity index (χ1n) is 11.6. The second kappa shape index (κ2) is 9.84. The number of nitrogens with zero attached hydrogens (tertiary/aromatic N) is 4. The van der Waals surface area contributed by atoms with Crippen molar-refractivity contribution in [2.24, 2.45) is 0 Å². The molecule has 0 bridgehead atoms. The highest BCUT2D eigenvalue weighted by Crippen LogP contribution is 2.32. The second-order valence-electron chi connectivity index (χ2n) is 8.53. The average Bonchev–Trinajstić information content (AvgIpc) is 2.92. The van der Waals surface area contributed by atoms with Gasteiger partial charge in [0.2, 0.25) is 0 Å². The average molecular weight is 487 g/mol. The first-order valence-corrected chi connectivity index (χ1v) is 12.0. The van der Waals surface area contributed by atoms with Gasteiger partial charge in [0.1, 0.15) is 11.6 Å². The lowest BCUT2D eigenvalue weighted by Gasteiger charge is -2.37. The van der Waals surface area contributed by atoms with Crippen molar-refractivity contribution in [1.82, 2.24) is 4.98 Å². The lowest BCUT2D eigenvalue weighted by atomic mass is 10.0. The number of methoxy groups -OCH3 is 1. The van der Waals surface area contributed by atoms with Crippen LogP contribution in [0.1, 0.15) is 10.4 Å². The number of anilines is 3. The highest BCUT2D eigenvalue weighted by Gasteiger charge is 2.24. The normalized spacial score (nSPS) is 13.7. The van der Waals surface area contributed by atoms with E-state index in [1.807, 2.05) is 54.6 Å². The molecule has 6 nitrogen and oxygen atoms in total. The van der Waals surface area contributed by atoms with Gasteiger partial charge in [-0.2, -0.15) is 0 Å². The summed E-state index contributed by atoms with van der Waals surface area (Å²) in [7, 11) is 3.48. The number of fused-ring (bicyclic) bond motifs is 1. The standard InChI is InChI=1S/C28H27ClN4O2/c1-31(21-13-11-20(29)12-14-21)28(34)24-19-30-27(23-8-4-3-7-22(23)24)33-17-15-32(16-18-33)25-9-5-6-10-26(25)35-2/h3-14,19H,15-18H2,1-2H3. The Morgan fingerprint density at radius 2 is 1.51 bits per heavy atom. The Morgan fingerprint density at radius 3 is 2.23 bits per heavy atom. The van der Waals surface area contributed by atoms with Gasteiger partial charge in [-0.25, -0.2) is 4.98 Å². The molecule has 1 aliphatic rings. The van der Waals surface area contributed by atoms with Crippen molar-refractivity contribution in [1.29, 1.82) is 0 Å². The van der Waals surface area contributed by atoms with Gasteiger partial charge >= 0.3 is 0 Å². The van der Waals surface area contributed by atoms with E-state index in [2.05, 4.69) is 15.9 Å². The van der Waals surface area contributed by atoms with Crippen LogP contribution in [-0.4, -0.2) is 51.2 Å². The zero-order chi connectivity index (χ0) is 24.4. The van der Waals surface area contributed by atoms with Crippen LogP contribution in [-0.2, 0) is 0 Å². The van der Waals surface area contributed by atoms with E-state index in [4.69, 9.17) is 21.3 Å². The van der Waals surface area contributed by atoms with E-state index in [9.17, 15) is 4.79 Å². The van der Waals surface area contributed by atoms with Crippen molar-refractivity contribution < 1.29 is 9.53 Å². The van der Waals surface area contributed by atoms with E-state index in [1.54, 1.807) is 37.4 Å². The van der Waals surface area contributed by atoms with Gasteiger partial charge < -0.3 is 19.4 Å². The molecule has 0 aliphatic carbocycles. The maximum absolute atomic E-state index is 13.4. The van der Waals surface area contributed by atoms with Gasteiger partial charge in [-0.3, -0.25) is 4.79 Å². The van der Waals surface area contributed by atoms with Gasteiger partial charge in [0.25, 0.3) is 5.91 Å². The molecule has 3 aromatic carbocycles. The summed E-state index contributed by atoms with van der Waals surface area (Å²) in [6.45, 7) is 3.37. The smallest absolute Gasteiger partial charge is 0.260 e. The molecule has 0 radical (unpaired) electrons. The van der Waals surface area contributed by atoms with Crippen LogP contribution in [0.25, 0.3) is 10.8 Å². The number of benzene rings is 3. The largest absolute Gasteiger partial charge is 0.495 e. The number of halogens is 1. The number of piperazine rings is 1. The molecular formula is C28H27ClN4O2. The Bertz CT molecular complexity index is 1350. The summed E-state index contributed by atoms with van der Waals surface area (Å²) in [6.07, 6.45) is 1.71. The summed E-state index contributed by atoms with van der Waals surface area (Å²) >= 11 is 6.01. The van der Waals surface area contributed by atoms with Gasteiger partial charge in [0.15, 0.2) is 0 Å². The number of carbonyl (C=O) groups is 1. The Kier molecular flexibility index (Phi) is 6.47. The summed E-state index contributed by atoms with van der Waals surface area (Å²) in [5, 5.41) is 2.51. The Hall–Kier alpha value is -3.77. The molecule has 2 heterocycles. The minimum absolute atomic E-state index is 0.108. The van der Waals surface area contributed by atoms with Crippen LogP contribution in [0, 0.1) is 0 Å². The molecule has 5 rings (SSSR count). The third-order valence-electron chi connectivity index (χ3n) is 6.53. The van der Waals surface area contributed by atoms with Crippen LogP contribution < -0.4 is 19.4 Å². The van der Waals surface area contributed by atoms with Crippen LogP contribution in [0.2, 0.25) is 5.02 Å². The van der Waals surface area contributed by atoms with Crippen LogP contribution in [0.15, 0.2) is 79.0 Å². The molecule has 0 spiro atoms. The quantitative estimate of drug-likeness (QED) is 0.373. The fourth-order valence-electron chi connectivity index (χ4n) is 4.61. The van der Waals surface area contributed by atoms with E-state index in [-0.39, 0.29) is 5.91 Å². The van der Waals surface area contributed by atoms with Gasteiger partial charge in [-0.15, -0.1) is 0 Å². The van der Waals surface area contributed by atoms with Crippen molar-refractivity contribution in [3.63, 3.8) is 0 Å². The number of pyridine rings is 1. The summed E-state index contributed by atoms with van der Waals surface area (Å²) in [5.74, 6) is 1.69. The van der Waals surface area contributed by atoms with Crippen molar-refractivity contribution in [2.75, 3.05) is 55.0 Å². The predicted molar refractivity (Wildman–Crippen MR) is 143 cm³/mol. The zero-order valence-electron chi connectivity index (χ0n) is 19.8. The molecule has 1 amide bonds. The number of para-hydroxylation sites is 2. The van der Waals surface area contributed by atoms with E-state index < -0.39 is 0 Å². The molecule has 1 saturated heterocycles. The fourth-order valence-corrected chi connectivity index (χ4v) is 4.74. The van der Waals surface area contributed by atoms with Crippen LogP contribution in [0.3, 0.4) is 0 Å². The van der Waals surface area contributed by atoms with Crippen LogP contribution in [0.4, 0.5) is 17.2 Å². The molecule has 7 heteroatoms. The maximum Gasteiger partial charge on any atom is 0.260 e. The number of rotatable bonds is 5. The third kappa shape index (κ3) is 4.49. The Balaban J connectivity index is 1.40. The number of hydrogen-bond acceptors (Lipinski definition) is 5. The molecule has 1 fully saturated rings. The topological polar surface area (TPSA) is 48.9 Å². The highest BCUT2D eigenvalue weighted by atomic mass is 35.5. The Labute approximate surface area is 210 Å². The molecule has 0 N–H and O–H groups in total. The first-order chi connectivity index (χ1) is 17.1. The minimum Gasteiger partial charge on any atom is -0.495 e. The van der Waals surface area contributed by atoms with Crippen molar-refractivity contribution in [3.8, 4) is 5.75 Å². The van der Waals surface area contributed by atoms with E-state index >= 15 is 0 Å². The molecule has 1 aromatic heterocycles. The molecule has 0 atom stereocenters. The molecule has 4 aromatic rings. The number of aromatic nitrogens is 1. The number of ether oxygens (including phenoxy) is 1. The van der Waals surface area contributed by atoms with E-state index in [0.717, 1.165) is 59.9 Å². The van der Waals surface area contributed by atoms with E-state index in [1.165, 1.54) is 0 Å². The van der Waals surface area contributed by atoms with E-state index in [0.29, 0.717) is 10.6 Å². The zero-order valence-corrected chi connectivity index (χ0v) is 20.6. The maximum atomic E-state index is 13.4. The summed E-state index contributed by atoms with van der Waals surface area (Å²) in [6, 6.07) is 23.4. The number of hydrogen-bond donors (Lipinski definition) is 0. The molecule has 1 aliphatic heterocycles. The molecule has 0 saturated carbocycles. The fraction of sp³-hybridized carbons (Fsp3) is 0.214. The molecule has 178 valence electrons. The van der Waals surface area contributed by atoms with Gasteiger partial charge in [0.05, 0.1) is 18.4 Å². The number of carbonyl (C=O) groups excluding carboxylic acids is 1. The SMILES string of the molecule is COc1ccccc1N1CCN(c2ncc(C(=O)N(C)c3ccc(Cl)cc3)c3ccccc23)CC1. The van der Waals surface area contributed by atoms with Gasteiger partial charge in [-0.05, 0) is 41.8 Å². The molecule has 35 heavy (non-hydrogen) atoms. The summed E-state index contributed by atoms with van der Waals surface area (Å²) in [5.41, 5.74) is 2.47. The highest BCUT2D eigenvalue weighted by molar-refractivity contribution is 6.30. The molecular weight excluding hydrogens is 460 g/mol. The van der Waals surface area contributed by atoms with Crippen molar-refractivity contribution in [2.45, 2.75) is 0 Å². The third-order valence-corrected chi connectivity index (χ3v) is 6.78. The lowest BCUT2D eigenvalue weighted by Crippen LogP contribution is -2.47. The molecule has 0 unspecified atom stereocenters. The monoisotopic (exact) mass is 486 g/mol. The van der Waals surface area contributed by atoms with Crippen LogP contribution >= 0.6 is 11.6 Å². The number of amides is 1. The van der Waals surface area contributed by atoms with Crippen LogP contribution in [0.5, 0.6) is 5.75 Å². The first kappa shape index (κ1) is 23.0. The second-order valence-corrected chi connectivity index (χ2v) is 8.96.